The average molecular weight is 444 g/mol. The van der Waals surface area contributed by atoms with Crippen LogP contribution in [0.1, 0.15) is 18.5 Å². The Morgan fingerprint density at radius 2 is 2.04 bits per heavy atom. The third kappa shape index (κ3) is 4.30. The molecule has 1 fully saturated rings. The van der Waals surface area contributed by atoms with E-state index in [1.165, 1.54) is 14.8 Å². The smallest absolute Gasteiger partial charge is 0.309 e. The van der Waals surface area contributed by atoms with Gasteiger partial charge < -0.3 is 4.74 Å². The number of hydrogen-bond acceptors (Lipinski definition) is 6. The summed E-state index contributed by atoms with van der Waals surface area (Å²) < 4.78 is 31.8. The Labute approximate surface area is 159 Å². The number of esters is 1. The number of pyridine rings is 1. The number of carbonyl (C=O) groups is 1. The number of piperidine rings is 1. The van der Waals surface area contributed by atoms with E-state index in [4.69, 9.17) is 4.74 Å². The molecule has 26 heavy (non-hydrogen) atoms. The fourth-order valence-electron chi connectivity index (χ4n) is 2.89. The molecule has 140 valence electrons. The molecule has 10 heteroatoms. The third-order valence-electron chi connectivity index (χ3n) is 4.30. The van der Waals surface area contributed by atoms with Gasteiger partial charge in [-0.1, -0.05) is 0 Å². The summed E-state index contributed by atoms with van der Waals surface area (Å²) in [5.41, 5.74) is 0.580. The van der Waals surface area contributed by atoms with Gasteiger partial charge in [0.05, 0.1) is 17.9 Å². The van der Waals surface area contributed by atoms with Crippen molar-refractivity contribution in [2.45, 2.75) is 19.4 Å². The Morgan fingerprint density at radius 1 is 1.35 bits per heavy atom. The summed E-state index contributed by atoms with van der Waals surface area (Å²) in [6.07, 6.45) is 3.63. The normalized spacial score (nSPS) is 16.7. The molecule has 0 aromatic carbocycles. The van der Waals surface area contributed by atoms with E-state index in [1.54, 1.807) is 18.3 Å². The molecule has 2 aromatic rings. The first-order valence-electron chi connectivity index (χ1n) is 8.03. The highest BCUT2D eigenvalue weighted by molar-refractivity contribution is 9.10. The standard InChI is InChI=1S/C16H18BrN3O5S/c1-26(23,24)19-6-4-11(5-7-19)16(22)25-10-13-8-15(21)20-9-12(17)2-3-14(20)18-13/h2-3,8-9,11H,4-7,10H2,1H3. The number of nitrogens with zero attached hydrogens (tertiary/aromatic N) is 3. The van der Waals surface area contributed by atoms with E-state index in [0.29, 0.717) is 37.3 Å². The molecule has 0 radical (unpaired) electrons. The van der Waals surface area contributed by atoms with E-state index in [1.807, 2.05) is 0 Å². The van der Waals surface area contributed by atoms with Crippen LogP contribution >= 0.6 is 15.9 Å². The van der Waals surface area contributed by atoms with Crippen LogP contribution in [0.3, 0.4) is 0 Å². The molecule has 0 unspecified atom stereocenters. The average Bonchev–Trinajstić information content (AvgIpc) is 2.59. The lowest BCUT2D eigenvalue weighted by Crippen LogP contribution is -2.40. The van der Waals surface area contributed by atoms with E-state index < -0.39 is 16.0 Å². The van der Waals surface area contributed by atoms with Crippen LogP contribution in [0.25, 0.3) is 5.65 Å². The number of carbonyl (C=O) groups excluding carboxylic acids is 1. The summed E-state index contributed by atoms with van der Waals surface area (Å²) in [5, 5.41) is 0. The molecule has 0 bridgehead atoms. The third-order valence-corrected chi connectivity index (χ3v) is 6.07. The summed E-state index contributed by atoms with van der Waals surface area (Å²) in [6.45, 7) is 0.527. The van der Waals surface area contributed by atoms with E-state index in [2.05, 4.69) is 20.9 Å². The molecular weight excluding hydrogens is 426 g/mol. The maximum atomic E-state index is 12.2. The Hall–Kier alpha value is -1.78. The highest BCUT2D eigenvalue weighted by atomic mass is 79.9. The second kappa shape index (κ2) is 7.45. The zero-order valence-electron chi connectivity index (χ0n) is 14.1. The second-order valence-electron chi connectivity index (χ2n) is 6.21. The zero-order valence-corrected chi connectivity index (χ0v) is 16.5. The van der Waals surface area contributed by atoms with Crippen molar-refractivity contribution in [1.29, 1.82) is 0 Å². The van der Waals surface area contributed by atoms with Gasteiger partial charge in [0.25, 0.3) is 5.56 Å². The summed E-state index contributed by atoms with van der Waals surface area (Å²) in [4.78, 5) is 28.7. The minimum atomic E-state index is -3.23. The first-order chi connectivity index (χ1) is 12.2. The van der Waals surface area contributed by atoms with Gasteiger partial charge >= 0.3 is 5.97 Å². The minimum Gasteiger partial charge on any atom is -0.459 e. The maximum Gasteiger partial charge on any atom is 0.309 e. The van der Waals surface area contributed by atoms with Crippen molar-refractivity contribution in [3.63, 3.8) is 0 Å². The van der Waals surface area contributed by atoms with Gasteiger partial charge in [0.1, 0.15) is 12.3 Å². The predicted octanol–water partition coefficient (Wildman–Crippen LogP) is 1.17. The molecule has 2 aromatic heterocycles. The number of ether oxygens (including phenoxy) is 1. The molecular formula is C16H18BrN3O5S. The lowest BCUT2D eigenvalue weighted by Gasteiger charge is -2.28. The number of hydrogen-bond donors (Lipinski definition) is 0. The first kappa shape index (κ1) is 19.0. The Bertz CT molecular complexity index is 997. The minimum absolute atomic E-state index is 0.0903. The van der Waals surface area contributed by atoms with Gasteiger partial charge in [0, 0.05) is 29.8 Å². The molecule has 0 saturated carbocycles. The highest BCUT2D eigenvalue weighted by Crippen LogP contribution is 2.20. The van der Waals surface area contributed by atoms with Crippen LogP contribution in [0.15, 0.2) is 33.7 Å². The van der Waals surface area contributed by atoms with Crippen LogP contribution in [0, 0.1) is 5.92 Å². The Balaban J connectivity index is 1.63. The van der Waals surface area contributed by atoms with Gasteiger partial charge in [0.15, 0.2) is 0 Å². The van der Waals surface area contributed by atoms with Gasteiger partial charge in [-0.25, -0.2) is 17.7 Å². The molecule has 1 aliphatic rings. The quantitative estimate of drug-likeness (QED) is 0.657. The zero-order chi connectivity index (χ0) is 18.9. The van der Waals surface area contributed by atoms with Gasteiger partial charge in [-0.2, -0.15) is 0 Å². The number of rotatable bonds is 4. The van der Waals surface area contributed by atoms with Gasteiger partial charge in [0.2, 0.25) is 10.0 Å². The molecule has 1 aliphatic heterocycles. The SMILES string of the molecule is CS(=O)(=O)N1CCC(C(=O)OCc2cc(=O)n3cc(Br)ccc3n2)CC1. The molecule has 3 rings (SSSR count). The summed E-state index contributed by atoms with van der Waals surface area (Å²) in [6, 6.07) is 4.80. The van der Waals surface area contributed by atoms with Crippen molar-refractivity contribution in [3.05, 3.63) is 44.9 Å². The monoisotopic (exact) mass is 443 g/mol. The molecule has 1 saturated heterocycles. The van der Waals surface area contributed by atoms with Crippen molar-refractivity contribution >= 4 is 37.6 Å². The second-order valence-corrected chi connectivity index (χ2v) is 9.10. The Kier molecular flexibility index (Phi) is 5.44. The van der Waals surface area contributed by atoms with Crippen LogP contribution in [-0.4, -0.2) is 47.4 Å². The predicted molar refractivity (Wildman–Crippen MR) is 98.1 cm³/mol. The van der Waals surface area contributed by atoms with Crippen LogP contribution in [-0.2, 0) is 26.2 Å². The molecule has 3 heterocycles. The highest BCUT2D eigenvalue weighted by Gasteiger charge is 2.29. The number of halogens is 1. The maximum absolute atomic E-state index is 12.2. The van der Waals surface area contributed by atoms with E-state index in [-0.39, 0.29) is 18.1 Å². The molecule has 0 amide bonds. The van der Waals surface area contributed by atoms with Gasteiger partial charge in [-0.15, -0.1) is 0 Å². The molecule has 0 aliphatic carbocycles. The number of fused-ring (bicyclic) bond motifs is 1. The van der Waals surface area contributed by atoms with Gasteiger partial charge in [-0.3, -0.25) is 14.0 Å². The van der Waals surface area contributed by atoms with E-state index in [9.17, 15) is 18.0 Å². The lowest BCUT2D eigenvalue weighted by molar-refractivity contribution is -0.151. The van der Waals surface area contributed by atoms with Crippen LogP contribution in [0.4, 0.5) is 0 Å². The fraction of sp³-hybridized carbons (Fsp3) is 0.438. The first-order valence-corrected chi connectivity index (χ1v) is 10.7. The Morgan fingerprint density at radius 3 is 2.69 bits per heavy atom. The van der Waals surface area contributed by atoms with E-state index >= 15 is 0 Å². The topological polar surface area (TPSA) is 98.0 Å². The number of aromatic nitrogens is 2. The molecule has 0 N–H and O–H groups in total. The molecule has 0 atom stereocenters. The largest absolute Gasteiger partial charge is 0.459 e. The van der Waals surface area contributed by atoms with E-state index in [0.717, 1.165) is 10.7 Å². The van der Waals surface area contributed by atoms with Gasteiger partial charge in [-0.05, 0) is 40.9 Å². The summed E-state index contributed by atoms with van der Waals surface area (Å²) >= 11 is 3.30. The lowest BCUT2D eigenvalue weighted by atomic mass is 9.98. The molecule has 8 nitrogen and oxygen atoms in total. The van der Waals surface area contributed by atoms with Crippen molar-refractivity contribution in [2.75, 3.05) is 19.3 Å². The fourth-order valence-corrected chi connectivity index (χ4v) is 4.10. The van der Waals surface area contributed by atoms with Crippen LogP contribution < -0.4 is 5.56 Å². The summed E-state index contributed by atoms with van der Waals surface area (Å²) in [7, 11) is -3.23. The number of sulfonamides is 1. The van der Waals surface area contributed by atoms with Crippen molar-refractivity contribution < 1.29 is 17.9 Å². The van der Waals surface area contributed by atoms with Crippen molar-refractivity contribution in [3.8, 4) is 0 Å². The molecule has 0 spiro atoms. The van der Waals surface area contributed by atoms with Crippen LogP contribution in [0.2, 0.25) is 0 Å². The van der Waals surface area contributed by atoms with Crippen LogP contribution in [0.5, 0.6) is 0 Å². The van der Waals surface area contributed by atoms with Crippen molar-refractivity contribution in [1.82, 2.24) is 13.7 Å². The summed E-state index contributed by atoms with van der Waals surface area (Å²) in [5.74, 6) is -0.735. The van der Waals surface area contributed by atoms with Crippen molar-refractivity contribution in [2.24, 2.45) is 5.92 Å².